The van der Waals surface area contributed by atoms with Gasteiger partial charge in [-0.05, 0) is 56.4 Å². The van der Waals surface area contributed by atoms with Crippen LogP contribution in [-0.2, 0) is 24.3 Å². The SMILES string of the molecule is CC(C)CC(C)N(C(=O)Cn1nc2n(c1=O)CCCCC2)c1ccc2[nH]ccc2c1. The predicted molar refractivity (Wildman–Crippen MR) is 119 cm³/mol. The first-order valence-electron chi connectivity index (χ1n) is 11.0. The zero-order valence-corrected chi connectivity index (χ0v) is 18.1. The van der Waals surface area contributed by atoms with Gasteiger partial charge in [-0.3, -0.25) is 9.36 Å². The average molecular weight is 410 g/mol. The number of H-pyrrole nitrogens is 1. The number of carbonyl (C=O) groups is 1. The molecule has 1 N–H and O–H groups in total. The molecule has 0 fully saturated rings. The second-order valence-corrected chi connectivity index (χ2v) is 8.81. The van der Waals surface area contributed by atoms with E-state index in [0.717, 1.165) is 54.5 Å². The zero-order chi connectivity index (χ0) is 21.3. The van der Waals surface area contributed by atoms with Gasteiger partial charge in [-0.25, -0.2) is 9.48 Å². The molecular formula is C23H31N5O2. The van der Waals surface area contributed by atoms with E-state index in [0.29, 0.717) is 12.5 Å². The second-order valence-electron chi connectivity index (χ2n) is 8.81. The van der Waals surface area contributed by atoms with Crippen LogP contribution in [0, 0.1) is 5.92 Å². The lowest BCUT2D eigenvalue weighted by Crippen LogP contribution is -2.43. The largest absolute Gasteiger partial charge is 0.361 e. The summed E-state index contributed by atoms with van der Waals surface area (Å²) >= 11 is 0. The minimum atomic E-state index is -0.169. The van der Waals surface area contributed by atoms with Crippen molar-refractivity contribution in [2.45, 2.75) is 72.0 Å². The number of benzene rings is 1. The van der Waals surface area contributed by atoms with E-state index in [1.165, 1.54) is 4.68 Å². The van der Waals surface area contributed by atoms with Crippen molar-refractivity contribution in [3.05, 3.63) is 46.8 Å². The van der Waals surface area contributed by atoms with E-state index >= 15 is 0 Å². The molecule has 4 rings (SSSR count). The van der Waals surface area contributed by atoms with Crippen molar-refractivity contribution < 1.29 is 4.79 Å². The average Bonchev–Trinajstić information content (AvgIpc) is 3.18. The molecule has 0 saturated carbocycles. The molecule has 0 spiro atoms. The molecule has 0 aliphatic carbocycles. The fraction of sp³-hybridized carbons (Fsp3) is 0.522. The van der Waals surface area contributed by atoms with E-state index in [1.807, 2.05) is 35.4 Å². The molecule has 1 amide bonds. The van der Waals surface area contributed by atoms with Gasteiger partial charge < -0.3 is 9.88 Å². The third-order valence-corrected chi connectivity index (χ3v) is 5.90. The number of aromatic amines is 1. The van der Waals surface area contributed by atoms with Crippen LogP contribution in [0.3, 0.4) is 0 Å². The first kappa shape index (κ1) is 20.4. The van der Waals surface area contributed by atoms with E-state index in [4.69, 9.17) is 0 Å². The van der Waals surface area contributed by atoms with Crippen molar-refractivity contribution in [1.29, 1.82) is 0 Å². The Morgan fingerprint density at radius 1 is 1.20 bits per heavy atom. The molecule has 1 atom stereocenters. The monoisotopic (exact) mass is 409 g/mol. The summed E-state index contributed by atoms with van der Waals surface area (Å²) in [6, 6.07) is 8.03. The lowest BCUT2D eigenvalue weighted by molar-refractivity contribution is -0.119. The first-order chi connectivity index (χ1) is 14.4. The molecule has 7 nitrogen and oxygen atoms in total. The molecule has 3 aromatic rings. The first-order valence-corrected chi connectivity index (χ1v) is 11.0. The van der Waals surface area contributed by atoms with E-state index in [-0.39, 0.29) is 24.2 Å². The van der Waals surface area contributed by atoms with Gasteiger partial charge in [-0.15, -0.1) is 0 Å². The number of hydrogen-bond donors (Lipinski definition) is 1. The summed E-state index contributed by atoms with van der Waals surface area (Å²) in [6.07, 6.45) is 6.72. The lowest BCUT2D eigenvalue weighted by atomic mass is 10.0. The number of carbonyl (C=O) groups excluding carboxylic acids is 1. The van der Waals surface area contributed by atoms with Crippen molar-refractivity contribution in [3.8, 4) is 0 Å². The summed E-state index contributed by atoms with van der Waals surface area (Å²) in [4.78, 5) is 31.3. The van der Waals surface area contributed by atoms with Crippen LogP contribution in [0.5, 0.6) is 0 Å². The molecular weight excluding hydrogens is 378 g/mol. The standard InChI is InChI=1S/C23H31N5O2/c1-16(2)13-17(3)28(19-8-9-20-18(14-19)10-11-24-20)22(29)15-27-23(30)26-12-6-4-5-7-21(26)25-27/h8-11,14,16-17,24H,4-7,12-13,15H2,1-3H3. The molecule has 1 aliphatic rings. The number of hydrogen-bond acceptors (Lipinski definition) is 3. The van der Waals surface area contributed by atoms with Gasteiger partial charge in [0.05, 0.1) is 0 Å². The molecule has 1 aliphatic heterocycles. The molecule has 3 heterocycles. The molecule has 1 aromatic carbocycles. The van der Waals surface area contributed by atoms with Gasteiger partial charge >= 0.3 is 5.69 Å². The van der Waals surface area contributed by atoms with Crippen molar-refractivity contribution >= 4 is 22.5 Å². The second kappa shape index (κ2) is 8.50. The highest BCUT2D eigenvalue weighted by Gasteiger charge is 2.25. The molecule has 7 heteroatoms. The smallest absolute Gasteiger partial charge is 0.346 e. The number of amides is 1. The Bertz CT molecular complexity index is 1090. The third-order valence-electron chi connectivity index (χ3n) is 5.90. The van der Waals surface area contributed by atoms with Crippen molar-refractivity contribution in [1.82, 2.24) is 19.3 Å². The maximum atomic E-state index is 13.5. The highest BCUT2D eigenvalue weighted by molar-refractivity contribution is 5.96. The van der Waals surface area contributed by atoms with Gasteiger partial charge in [0.1, 0.15) is 12.4 Å². The highest BCUT2D eigenvalue weighted by atomic mass is 16.2. The molecule has 160 valence electrons. The van der Waals surface area contributed by atoms with Crippen molar-refractivity contribution in [2.24, 2.45) is 5.92 Å². The van der Waals surface area contributed by atoms with E-state index in [1.54, 1.807) is 4.57 Å². The summed E-state index contributed by atoms with van der Waals surface area (Å²) in [5.74, 6) is 1.16. The number of anilines is 1. The minimum absolute atomic E-state index is 0.0185. The maximum absolute atomic E-state index is 13.5. The number of fused-ring (bicyclic) bond motifs is 2. The molecule has 30 heavy (non-hydrogen) atoms. The van der Waals surface area contributed by atoms with Gasteiger partial charge in [-0.2, -0.15) is 5.10 Å². The topological polar surface area (TPSA) is 75.9 Å². The van der Waals surface area contributed by atoms with Crippen molar-refractivity contribution in [3.63, 3.8) is 0 Å². The predicted octanol–water partition coefficient (Wildman–Crippen LogP) is 3.72. The summed E-state index contributed by atoms with van der Waals surface area (Å²) in [6.45, 7) is 7.05. The summed E-state index contributed by atoms with van der Waals surface area (Å²) in [5.41, 5.74) is 1.73. The zero-order valence-electron chi connectivity index (χ0n) is 18.1. The third kappa shape index (κ3) is 4.06. The summed E-state index contributed by atoms with van der Waals surface area (Å²) in [7, 11) is 0. The van der Waals surface area contributed by atoms with E-state index < -0.39 is 0 Å². The lowest BCUT2D eigenvalue weighted by Gasteiger charge is -2.30. The van der Waals surface area contributed by atoms with Crippen LogP contribution in [-0.4, -0.2) is 31.3 Å². The fourth-order valence-electron chi connectivity index (χ4n) is 4.56. The quantitative estimate of drug-likeness (QED) is 0.674. The van der Waals surface area contributed by atoms with Gasteiger partial charge in [0.25, 0.3) is 0 Å². The summed E-state index contributed by atoms with van der Waals surface area (Å²) < 4.78 is 3.10. The fourth-order valence-corrected chi connectivity index (χ4v) is 4.56. The molecule has 1 unspecified atom stereocenters. The Kier molecular flexibility index (Phi) is 5.79. The van der Waals surface area contributed by atoms with Crippen LogP contribution < -0.4 is 10.6 Å². The molecule has 0 saturated heterocycles. The number of aromatic nitrogens is 4. The Hall–Kier alpha value is -2.83. The van der Waals surface area contributed by atoms with Crippen LogP contribution in [0.25, 0.3) is 10.9 Å². The van der Waals surface area contributed by atoms with E-state index in [9.17, 15) is 9.59 Å². The Labute approximate surface area is 176 Å². The normalized spacial score (nSPS) is 15.2. The van der Waals surface area contributed by atoms with Crippen LogP contribution in [0.2, 0.25) is 0 Å². The number of aryl methyl sites for hydroxylation is 1. The molecule has 0 bridgehead atoms. The highest BCUT2D eigenvalue weighted by Crippen LogP contribution is 2.25. The number of rotatable bonds is 6. The molecule has 0 radical (unpaired) electrons. The van der Waals surface area contributed by atoms with E-state index in [2.05, 4.69) is 30.9 Å². The van der Waals surface area contributed by atoms with Gasteiger partial charge in [-0.1, -0.05) is 20.3 Å². The Balaban J connectivity index is 1.65. The van der Waals surface area contributed by atoms with Crippen molar-refractivity contribution in [2.75, 3.05) is 4.90 Å². The van der Waals surface area contributed by atoms with Crippen LogP contribution in [0.1, 0.15) is 52.3 Å². The Morgan fingerprint density at radius 3 is 2.83 bits per heavy atom. The van der Waals surface area contributed by atoms with Crippen LogP contribution in [0.4, 0.5) is 5.69 Å². The Morgan fingerprint density at radius 2 is 2.03 bits per heavy atom. The number of nitrogens with one attached hydrogen (secondary N) is 1. The molecule has 2 aromatic heterocycles. The van der Waals surface area contributed by atoms with Crippen LogP contribution >= 0.6 is 0 Å². The number of nitrogens with zero attached hydrogens (tertiary/aromatic N) is 4. The summed E-state index contributed by atoms with van der Waals surface area (Å²) in [5, 5.41) is 5.57. The van der Waals surface area contributed by atoms with Gasteiger partial charge in [0.15, 0.2) is 0 Å². The van der Waals surface area contributed by atoms with Gasteiger partial charge in [0.2, 0.25) is 5.91 Å². The minimum Gasteiger partial charge on any atom is -0.361 e. The van der Waals surface area contributed by atoms with Gasteiger partial charge in [0, 0.05) is 41.8 Å². The maximum Gasteiger partial charge on any atom is 0.346 e. The van der Waals surface area contributed by atoms with Crippen LogP contribution in [0.15, 0.2) is 35.3 Å².